The van der Waals surface area contributed by atoms with E-state index in [0.29, 0.717) is 18.1 Å². The third-order valence-corrected chi connectivity index (χ3v) is 4.90. The van der Waals surface area contributed by atoms with Gasteiger partial charge in [-0.05, 0) is 62.9 Å². The first-order valence-electron chi connectivity index (χ1n) is 7.89. The number of fused-ring (bicyclic) bond motifs is 2. The second-order valence-corrected chi connectivity index (χ2v) is 6.17. The number of ether oxygens (including phenoxy) is 1. The molecule has 0 saturated carbocycles. The summed E-state index contributed by atoms with van der Waals surface area (Å²) in [6, 6.07) is 8.77. The average Bonchev–Trinajstić information content (AvgIpc) is 2.70. The second-order valence-electron chi connectivity index (χ2n) is 6.17. The van der Waals surface area contributed by atoms with E-state index in [4.69, 9.17) is 4.74 Å². The number of methoxy groups -OCH3 is 1. The molecular weight excluding hydrogens is 248 g/mol. The molecule has 0 aliphatic carbocycles. The first-order valence-corrected chi connectivity index (χ1v) is 7.89. The van der Waals surface area contributed by atoms with Crippen molar-refractivity contribution in [2.45, 2.75) is 57.7 Å². The molecule has 0 aromatic heterocycles. The Morgan fingerprint density at radius 3 is 2.50 bits per heavy atom. The van der Waals surface area contributed by atoms with Gasteiger partial charge in [-0.3, -0.25) is 0 Å². The van der Waals surface area contributed by atoms with Crippen LogP contribution in [0.3, 0.4) is 0 Å². The molecule has 3 rings (SSSR count). The van der Waals surface area contributed by atoms with Crippen LogP contribution in [0, 0.1) is 6.92 Å². The van der Waals surface area contributed by atoms with Crippen molar-refractivity contribution in [1.29, 1.82) is 0 Å². The Morgan fingerprint density at radius 2 is 1.95 bits per heavy atom. The van der Waals surface area contributed by atoms with Crippen LogP contribution in [-0.2, 0) is 0 Å². The second kappa shape index (κ2) is 5.65. The highest BCUT2D eigenvalue weighted by atomic mass is 16.5. The number of benzene rings is 1. The van der Waals surface area contributed by atoms with Gasteiger partial charge in [0.05, 0.1) is 7.11 Å². The predicted molar refractivity (Wildman–Crippen MR) is 83.7 cm³/mol. The lowest BCUT2D eigenvalue weighted by Crippen LogP contribution is -2.49. The maximum Gasteiger partial charge on any atom is 0.121 e. The van der Waals surface area contributed by atoms with Gasteiger partial charge in [0, 0.05) is 23.8 Å². The van der Waals surface area contributed by atoms with Crippen molar-refractivity contribution in [2.75, 3.05) is 18.6 Å². The highest BCUT2D eigenvalue weighted by Crippen LogP contribution is 2.40. The van der Waals surface area contributed by atoms with Crippen molar-refractivity contribution in [3.8, 4) is 5.75 Å². The zero-order chi connectivity index (χ0) is 14.1. The predicted octanol–water partition coefficient (Wildman–Crippen LogP) is 3.11. The Labute approximate surface area is 122 Å². The zero-order valence-corrected chi connectivity index (χ0v) is 12.9. The minimum Gasteiger partial charge on any atom is -0.496 e. The molecular formula is C17H26N2O. The Morgan fingerprint density at radius 1 is 1.25 bits per heavy atom. The molecule has 1 aromatic carbocycles. The van der Waals surface area contributed by atoms with Crippen LogP contribution in [0.5, 0.6) is 5.75 Å². The van der Waals surface area contributed by atoms with Gasteiger partial charge in [-0.2, -0.15) is 0 Å². The van der Waals surface area contributed by atoms with Crippen molar-refractivity contribution in [1.82, 2.24) is 5.32 Å². The average molecular weight is 274 g/mol. The smallest absolute Gasteiger partial charge is 0.121 e. The van der Waals surface area contributed by atoms with E-state index in [0.717, 1.165) is 12.3 Å². The third-order valence-electron chi connectivity index (χ3n) is 4.90. The van der Waals surface area contributed by atoms with Crippen LogP contribution in [0.15, 0.2) is 18.2 Å². The number of piperidine rings is 1. The fourth-order valence-electron chi connectivity index (χ4n) is 4.08. The summed E-state index contributed by atoms with van der Waals surface area (Å²) in [5.41, 5.74) is 2.61. The van der Waals surface area contributed by atoms with Crippen molar-refractivity contribution in [3.05, 3.63) is 23.8 Å². The summed E-state index contributed by atoms with van der Waals surface area (Å²) in [5.74, 6) is 0.989. The molecule has 2 aliphatic heterocycles. The molecule has 1 N–H and O–H groups in total. The van der Waals surface area contributed by atoms with Gasteiger partial charge in [0.1, 0.15) is 5.75 Å². The largest absolute Gasteiger partial charge is 0.496 e. The first-order chi connectivity index (χ1) is 9.72. The van der Waals surface area contributed by atoms with E-state index in [-0.39, 0.29) is 0 Å². The summed E-state index contributed by atoms with van der Waals surface area (Å²) >= 11 is 0. The van der Waals surface area contributed by atoms with E-state index in [1.807, 2.05) is 0 Å². The van der Waals surface area contributed by atoms with Gasteiger partial charge in [0.15, 0.2) is 0 Å². The summed E-state index contributed by atoms with van der Waals surface area (Å²) < 4.78 is 5.38. The van der Waals surface area contributed by atoms with Gasteiger partial charge in [-0.25, -0.2) is 0 Å². The van der Waals surface area contributed by atoms with Crippen LogP contribution < -0.4 is 15.0 Å². The minimum atomic E-state index is 0.714. The molecule has 2 unspecified atom stereocenters. The molecule has 2 saturated heterocycles. The summed E-state index contributed by atoms with van der Waals surface area (Å²) in [5, 5.41) is 3.64. The summed E-state index contributed by atoms with van der Waals surface area (Å²) in [6.45, 7) is 5.43. The van der Waals surface area contributed by atoms with Crippen LogP contribution >= 0.6 is 0 Å². The fraction of sp³-hybridized carbons (Fsp3) is 0.647. The molecule has 0 radical (unpaired) electrons. The molecule has 0 spiro atoms. The van der Waals surface area contributed by atoms with Crippen LogP contribution in [-0.4, -0.2) is 31.8 Å². The number of anilines is 1. The van der Waals surface area contributed by atoms with Crippen molar-refractivity contribution < 1.29 is 4.74 Å². The van der Waals surface area contributed by atoms with E-state index in [9.17, 15) is 0 Å². The summed E-state index contributed by atoms with van der Waals surface area (Å²) in [4.78, 5) is 2.67. The van der Waals surface area contributed by atoms with Gasteiger partial charge in [0.25, 0.3) is 0 Å². The molecule has 2 atom stereocenters. The van der Waals surface area contributed by atoms with E-state index < -0.39 is 0 Å². The monoisotopic (exact) mass is 274 g/mol. The van der Waals surface area contributed by atoms with Crippen LogP contribution in [0.25, 0.3) is 0 Å². The van der Waals surface area contributed by atoms with Crippen molar-refractivity contribution in [3.63, 3.8) is 0 Å². The molecule has 3 heteroatoms. The topological polar surface area (TPSA) is 24.5 Å². The molecule has 110 valence electrons. The lowest BCUT2D eigenvalue weighted by molar-refractivity contribution is 0.361. The Hall–Kier alpha value is -1.22. The number of hydrogen-bond acceptors (Lipinski definition) is 3. The maximum atomic E-state index is 5.38. The fourth-order valence-corrected chi connectivity index (χ4v) is 4.08. The van der Waals surface area contributed by atoms with Gasteiger partial charge in [-0.15, -0.1) is 0 Å². The molecule has 1 aromatic rings. The molecule has 0 amide bonds. The lowest BCUT2D eigenvalue weighted by atomic mass is 9.96. The van der Waals surface area contributed by atoms with E-state index in [2.05, 4.69) is 42.3 Å². The Kier molecular flexibility index (Phi) is 3.88. The highest BCUT2D eigenvalue weighted by Gasteiger charge is 2.40. The normalized spacial score (nSPS) is 28.8. The number of nitrogens with zero attached hydrogens (tertiary/aromatic N) is 1. The number of rotatable bonds is 4. The molecule has 2 bridgehead atoms. The van der Waals surface area contributed by atoms with Crippen molar-refractivity contribution >= 4 is 5.69 Å². The highest BCUT2D eigenvalue weighted by molar-refractivity contribution is 5.55. The maximum absolute atomic E-state index is 5.38. The van der Waals surface area contributed by atoms with Crippen LogP contribution in [0.4, 0.5) is 5.69 Å². The number of hydrogen-bond donors (Lipinski definition) is 1. The Bertz CT molecular complexity index is 460. The van der Waals surface area contributed by atoms with Gasteiger partial charge >= 0.3 is 0 Å². The molecule has 2 aliphatic rings. The summed E-state index contributed by atoms with van der Waals surface area (Å²) in [7, 11) is 1.74. The van der Waals surface area contributed by atoms with E-state index in [1.165, 1.54) is 36.9 Å². The lowest BCUT2D eigenvalue weighted by Gasteiger charge is -2.41. The molecule has 3 nitrogen and oxygen atoms in total. The minimum absolute atomic E-state index is 0.714. The SMILES string of the molecule is CCNC1CC2CCC(C1)N2c1ccc(OC)c(C)c1. The first kappa shape index (κ1) is 13.7. The third kappa shape index (κ3) is 2.39. The van der Waals surface area contributed by atoms with Gasteiger partial charge < -0.3 is 15.0 Å². The molecule has 2 heterocycles. The number of nitrogens with one attached hydrogen (secondary N) is 1. The summed E-state index contributed by atoms with van der Waals surface area (Å²) in [6.07, 6.45) is 5.26. The van der Waals surface area contributed by atoms with E-state index in [1.54, 1.807) is 7.11 Å². The van der Waals surface area contributed by atoms with Gasteiger partial charge in [0.2, 0.25) is 0 Å². The van der Waals surface area contributed by atoms with Crippen LogP contribution in [0.1, 0.15) is 38.2 Å². The zero-order valence-electron chi connectivity index (χ0n) is 12.9. The number of aryl methyl sites for hydroxylation is 1. The van der Waals surface area contributed by atoms with Crippen LogP contribution in [0.2, 0.25) is 0 Å². The van der Waals surface area contributed by atoms with Gasteiger partial charge in [-0.1, -0.05) is 6.92 Å². The molecule has 20 heavy (non-hydrogen) atoms. The Balaban J connectivity index is 1.80. The quantitative estimate of drug-likeness (QED) is 0.913. The van der Waals surface area contributed by atoms with Crippen molar-refractivity contribution in [2.24, 2.45) is 0 Å². The molecule has 2 fully saturated rings. The standard InChI is InChI=1S/C17H26N2O/c1-4-18-13-10-15-5-6-16(11-13)19(15)14-7-8-17(20-3)12(2)9-14/h7-9,13,15-16,18H,4-6,10-11H2,1-3H3. The van der Waals surface area contributed by atoms with E-state index >= 15 is 0 Å².